The Morgan fingerprint density at radius 3 is 2.29 bits per heavy atom. The van der Waals surface area contributed by atoms with E-state index < -0.39 is 0 Å². The number of thioether (sulfide) groups is 1. The van der Waals surface area contributed by atoms with Crippen molar-refractivity contribution in [2.75, 3.05) is 26.2 Å². The van der Waals surface area contributed by atoms with Crippen LogP contribution in [0.4, 0.5) is 0 Å². The minimum absolute atomic E-state index is 0.374. The van der Waals surface area contributed by atoms with Crippen molar-refractivity contribution in [3.05, 3.63) is 76.5 Å². The molecule has 0 amide bonds. The molecular weight excluding hydrogens is 482 g/mol. The molecule has 1 aliphatic rings. The van der Waals surface area contributed by atoms with Crippen LogP contribution in [0.1, 0.15) is 90.2 Å². The second-order valence-electron chi connectivity index (χ2n) is 11.4. The molecule has 0 spiro atoms. The number of nitrogens with one attached hydrogen (secondary N) is 2. The molecule has 0 saturated heterocycles. The number of allylic oxidation sites excluding steroid dienone is 3. The van der Waals surface area contributed by atoms with Crippen LogP contribution in [0.5, 0.6) is 0 Å². The van der Waals surface area contributed by atoms with Crippen molar-refractivity contribution in [3.8, 4) is 0 Å². The van der Waals surface area contributed by atoms with Gasteiger partial charge >= 0.3 is 0 Å². The smallest absolute Gasteiger partial charge is 0.0458 e. The van der Waals surface area contributed by atoms with Gasteiger partial charge < -0.3 is 10.6 Å². The maximum Gasteiger partial charge on any atom is 0.0458 e. The molecule has 0 heterocycles. The quantitative estimate of drug-likeness (QED) is 0.144. The molecule has 0 aromatic heterocycles. The van der Waals surface area contributed by atoms with Crippen LogP contribution in [0, 0.1) is 19.8 Å². The van der Waals surface area contributed by atoms with Crippen molar-refractivity contribution in [3.63, 3.8) is 0 Å². The van der Waals surface area contributed by atoms with Gasteiger partial charge in [0.2, 0.25) is 0 Å². The molecular formula is C34H55N3S. The van der Waals surface area contributed by atoms with E-state index in [4.69, 9.17) is 0 Å². The summed E-state index contributed by atoms with van der Waals surface area (Å²) in [5.41, 5.74) is 7.29. The average molecular weight is 538 g/mol. The van der Waals surface area contributed by atoms with Crippen molar-refractivity contribution in [2.45, 2.75) is 104 Å². The normalized spacial score (nSPS) is 14.4. The van der Waals surface area contributed by atoms with Crippen molar-refractivity contribution < 1.29 is 0 Å². The van der Waals surface area contributed by atoms with E-state index in [-0.39, 0.29) is 0 Å². The highest BCUT2D eigenvalue weighted by atomic mass is 32.2. The maximum atomic E-state index is 4.46. The monoisotopic (exact) mass is 537 g/mol. The van der Waals surface area contributed by atoms with Crippen molar-refractivity contribution >= 4 is 11.8 Å². The van der Waals surface area contributed by atoms with Crippen LogP contribution < -0.4 is 10.6 Å². The van der Waals surface area contributed by atoms with Crippen LogP contribution in [-0.4, -0.2) is 37.1 Å². The molecule has 212 valence electrons. The van der Waals surface area contributed by atoms with Gasteiger partial charge in [-0.25, -0.2) is 0 Å². The fraction of sp³-hybridized carbons (Fsp3) is 0.588. The summed E-state index contributed by atoms with van der Waals surface area (Å²) < 4.78 is 0. The molecule has 2 N–H and O–H groups in total. The molecule has 38 heavy (non-hydrogen) atoms. The van der Waals surface area contributed by atoms with Gasteiger partial charge in [-0.1, -0.05) is 75.9 Å². The Morgan fingerprint density at radius 2 is 1.68 bits per heavy atom. The molecule has 0 unspecified atom stereocenters. The van der Waals surface area contributed by atoms with Gasteiger partial charge in [0.15, 0.2) is 0 Å². The predicted octanol–water partition coefficient (Wildman–Crippen LogP) is 8.91. The molecule has 1 saturated carbocycles. The topological polar surface area (TPSA) is 27.3 Å². The first-order valence-corrected chi connectivity index (χ1v) is 15.6. The summed E-state index contributed by atoms with van der Waals surface area (Å²) in [5.74, 6) is 0.684. The highest BCUT2D eigenvalue weighted by Gasteiger charge is 2.25. The Labute approximate surface area is 239 Å². The second kappa shape index (κ2) is 16.9. The summed E-state index contributed by atoms with van der Waals surface area (Å²) in [6.45, 7) is 30.5. The van der Waals surface area contributed by atoms with E-state index in [1.54, 1.807) is 0 Å². The van der Waals surface area contributed by atoms with E-state index >= 15 is 0 Å². The minimum atomic E-state index is 0.374. The zero-order chi connectivity index (χ0) is 28.1. The lowest BCUT2D eigenvalue weighted by Gasteiger charge is -2.29. The van der Waals surface area contributed by atoms with Crippen molar-refractivity contribution in [1.82, 2.24) is 15.5 Å². The first-order chi connectivity index (χ1) is 18.1. The lowest BCUT2D eigenvalue weighted by molar-refractivity contribution is 0.297. The van der Waals surface area contributed by atoms with E-state index in [0.717, 1.165) is 56.0 Å². The van der Waals surface area contributed by atoms with Crippen LogP contribution >= 0.6 is 11.8 Å². The summed E-state index contributed by atoms with van der Waals surface area (Å²) in [7, 11) is 0. The van der Waals surface area contributed by atoms with Gasteiger partial charge in [-0.05, 0) is 113 Å². The molecule has 0 aliphatic heterocycles. The van der Waals surface area contributed by atoms with E-state index in [2.05, 4.69) is 95.0 Å². The van der Waals surface area contributed by atoms with Gasteiger partial charge in [0.1, 0.15) is 0 Å². The van der Waals surface area contributed by atoms with Crippen LogP contribution in [0.25, 0.3) is 0 Å². The van der Waals surface area contributed by atoms with Gasteiger partial charge in [0, 0.05) is 35.4 Å². The van der Waals surface area contributed by atoms with E-state index in [1.807, 2.05) is 11.8 Å². The third-order valence-corrected chi connectivity index (χ3v) is 9.12. The van der Waals surface area contributed by atoms with Crippen LogP contribution in [0.3, 0.4) is 0 Å². The Balaban J connectivity index is 1.94. The third-order valence-electron chi connectivity index (χ3n) is 7.60. The van der Waals surface area contributed by atoms with Crippen molar-refractivity contribution in [1.29, 1.82) is 0 Å². The lowest BCUT2D eigenvalue weighted by Crippen LogP contribution is -2.43. The summed E-state index contributed by atoms with van der Waals surface area (Å²) in [6.07, 6.45) is 9.57. The van der Waals surface area contributed by atoms with Crippen LogP contribution in [0.15, 0.2) is 70.3 Å². The highest BCUT2D eigenvalue weighted by Crippen LogP contribution is 2.35. The molecule has 4 heteroatoms. The zero-order valence-electron chi connectivity index (χ0n) is 25.3. The van der Waals surface area contributed by atoms with Gasteiger partial charge in [0.25, 0.3) is 0 Å². The second-order valence-corrected chi connectivity index (χ2v) is 12.6. The summed E-state index contributed by atoms with van der Waals surface area (Å²) in [4.78, 5) is 5.30. The summed E-state index contributed by atoms with van der Waals surface area (Å²) >= 11 is 1.93. The lowest BCUT2D eigenvalue weighted by atomic mass is 9.97. The summed E-state index contributed by atoms with van der Waals surface area (Å²) in [5, 5.41) is 7.49. The maximum absolute atomic E-state index is 4.46. The predicted molar refractivity (Wildman–Crippen MR) is 171 cm³/mol. The third kappa shape index (κ3) is 11.1. The molecule has 1 aromatic carbocycles. The zero-order valence-corrected chi connectivity index (χ0v) is 26.2. The SMILES string of the molecule is C=C(CCC(Sc1cc(C)ccc1C)=C(C)C)N[C@H](CNC(=C)C(=C)CN(CCC)CCC)C1CCCC1. The largest absolute Gasteiger partial charge is 0.384 e. The first-order valence-electron chi connectivity index (χ1n) is 14.8. The van der Waals surface area contributed by atoms with E-state index in [0.29, 0.717) is 12.0 Å². The molecule has 1 atom stereocenters. The Morgan fingerprint density at radius 1 is 1.03 bits per heavy atom. The number of hydrogen-bond donors (Lipinski definition) is 2. The fourth-order valence-electron chi connectivity index (χ4n) is 5.27. The Bertz CT molecular complexity index is 944. The van der Waals surface area contributed by atoms with Crippen LogP contribution in [0.2, 0.25) is 0 Å². The van der Waals surface area contributed by atoms with Gasteiger partial charge in [-0.15, -0.1) is 0 Å². The van der Waals surface area contributed by atoms with E-state index in [9.17, 15) is 0 Å². The number of aryl methyl sites for hydroxylation is 2. The number of hydrogen-bond acceptors (Lipinski definition) is 4. The average Bonchev–Trinajstić information content (AvgIpc) is 3.41. The first kappa shape index (κ1) is 32.3. The van der Waals surface area contributed by atoms with E-state index in [1.165, 1.54) is 65.0 Å². The number of nitrogens with zero attached hydrogens (tertiary/aromatic N) is 1. The van der Waals surface area contributed by atoms with Gasteiger partial charge in [-0.2, -0.15) is 0 Å². The molecule has 1 aromatic rings. The summed E-state index contributed by atoms with van der Waals surface area (Å²) in [6, 6.07) is 7.11. The standard InChI is InChI=1S/C34H55N3S/c1-10-20-37(21-11-2)24-28(7)30(9)35-23-32(31-14-12-13-15-31)36-29(8)18-19-33(25(3)4)38-34-22-26(5)16-17-27(34)6/h16-17,22,31-32,35-36H,7-15,18-21,23-24H2,1-6H3/t32-/m1/s1. The Hall–Kier alpha value is -1.91. The molecule has 1 fully saturated rings. The number of benzene rings is 1. The molecule has 1 aliphatic carbocycles. The van der Waals surface area contributed by atoms with Crippen LogP contribution in [-0.2, 0) is 0 Å². The molecule has 2 rings (SSSR count). The molecule has 3 nitrogen and oxygen atoms in total. The van der Waals surface area contributed by atoms with Gasteiger partial charge in [-0.3, -0.25) is 4.90 Å². The highest BCUT2D eigenvalue weighted by molar-refractivity contribution is 8.03. The minimum Gasteiger partial charge on any atom is -0.384 e. The fourth-order valence-corrected chi connectivity index (χ4v) is 6.42. The Kier molecular flexibility index (Phi) is 14.4. The number of rotatable bonds is 18. The molecule has 0 radical (unpaired) electrons. The van der Waals surface area contributed by atoms with Crippen molar-refractivity contribution in [2.24, 2.45) is 5.92 Å². The molecule has 0 bridgehead atoms. The van der Waals surface area contributed by atoms with Gasteiger partial charge in [0.05, 0.1) is 0 Å².